The van der Waals surface area contributed by atoms with Crippen LogP contribution >= 0.6 is 24.2 Å². The number of benzene rings is 1. The van der Waals surface area contributed by atoms with Crippen LogP contribution in [0.1, 0.15) is 0 Å². The largest absolute Gasteiger partial charge is 0.284 e. The molecule has 0 aliphatic carbocycles. The molecule has 2 aromatic heterocycles. The van der Waals surface area contributed by atoms with E-state index in [9.17, 15) is 4.79 Å². The molecular weight excluding hydrogens is 270 g/mol. The summed E-state index contributed by atoms with van der Waals surface area (Å²) < 4.78 is 2.86. The second kappa shape index (κ2) is 4.19. The van der Waals surface area contributed by atoms with E-state index < -0.39 is 0 Å². The van der Waals surface area contributed by atoms with Crippen LogP contribution in [0, 0.1) is 0 Å². The normalized spacial score (nSPS) is 11.0. The minimum Gasteiger partial charge on any atom is -0.266 e. The van der Waals surface area contributed by atoms with Gasteiger partial charge in [0.25, 0.3) is 5.56 Å². The third-order valence-corrected chi connectivity index (χ3v) is 3.23. The maximum atomic E-state index is 12.4. The first-order valence-corrected chi connectivity index (χ1v) is 6.05. The van der Waals surface area contributed by atoms with Crippen molar-refractivity contribution in [1.29, 1.82) is 0 Å². The van der Waals surface area contributed by atoms with E-state index in [2.05, 4.69) is 17.7 Å². The summed E-state index contributed by atoms with van der Waals surface area (Å²) in [6.45, 7) is 0. The zero-order chi connectivity index (χ0) is 12.7. The molecule has 1 aromatic carbocycles. The van der Waals surface area contributed by atoms with Crippen LogP contribution in [-0.2, 0) is 0 Å². The summed E-state index contributed by atoms with van der Waals surface area (Å²) in [5.74, 6) is 0. The maximum absolute atomic E-state index is 12.4. The van der Waals surface area contributed by atoms with Gasteiger partial charge < -0.3 is 0 Å². The Morgan fingerprint density at radius 1 is 1.17 bits per heavy atom. The first-order valence-electron chi connectivity index (χ1n) is 5.23. The monoisotopic (exact) mass is 277 g/mol. The molecule has 0 N–H and O–H groups in total. The van der Waals surface area contributed by atoms with Crippen LogP contribution in [0.4, 0.5) is 0 Å². The number of rotatable bonds is 1. The molecule has 6 heteroatoms. The van der Waals surface area contributed by atoms with Gasteiger partial charge in [-0.15, -0.1) is 17.7 Å². The van der Waals surface area contributed by atoms with Gasteiger partial charge in [-0.05, 0) is 18.2 Å². The number of fused-ring (bicyclic) bond motifs is 1. The van der Waals surface area contributed by atoms with Gasteiger partial charge in [0, 0.05) is 6.20 Å². The number of aromatic nitrogens is 3. The summed E-state index contributed by atoms with van der Waals surface area (Å²) >= 11 is 10.2. The van der Waals surface area contributed by atoms with Crippen molar-refractivity contribution in [3.05, 3.63) is 58.0 Å². The lowest BCUT2D eigenvalue weighted by Gasteiger charge is -2.08. The fourth-order valence-electron chi connectivity index (χ4n) is 1.83. The van der Waals surface area contributed by atoms with Crippen LogP contribution in [0.2, 0.25) is 5.02 Å². The summed E-state index contributed by atoms with van der Waals surface area (Å²) in [6.07, 6.45) is 1.63. The van der Waals surface area contributed by atoms with Gasteiger partial charge in [-0.3, -0.25) is 9.36 Å². The molecule has 0 saturated carbocycles. The first-order chi connectivity index (χ1) is 8.68. The van der Waals surface area contributed by atoms with E-state index in [4.69, 9.17) is 11.6 Å². The zero-order valence-electron chi connectivity index (χ0n) is 9.12. The fourth-order valence-corrected chi connectivity index (χ4v) is 2.36. The van der Waals surface area contributed by atoms with Crippen molar-refractivity contribution in [3.63, 3.8) is 0 Å². The third-order valence-electron chi connectivity index (χ3n) is 2.63. The Hall–Kier alpha value is -1.72. The van der Waals surface area contributed by atoms with Crippen molar-refractivity contribution in [2.75, 3.05) is 0 Å². The van der Waals surface area contributed by atoms with Crippen LogP contribution < -0.4 is 5.56 Å². The number of hydrogen-bond acceptors (Lipinski definition) is 3. The second-order valence-electron chi connectivity index (χ2n) is 3.73. The Morgan fingerprint density at radius 2 is 1.89 bits per heavy atom. The fraction of sp³-hybridized carbons (Fsp3) is 0. The Balaban J connectivity index is 2.43. The maximum Gasteiger partial charge on any atom is 0.284 e. The Morgan fingerprint density at radius 3 is 2.61 bits per heavy atom. The van der Waals surface area contributed by atoms with Gasteiger partial charge in [-0.1, -0.05) is 29.8 Å². The van der Waals surface area contributed by atoms with Gasteiger partial charge in [-0.25, -0.2) is 4.52 Å². The van der Waals surface area contributed by atoms with Crippen LogP contribution in [0.5, 0.6) is 0 Å². The molecule has 3 aromatic rings. The number of hydrogen-bond donors (Lipinski definition) is 1. The standard InChI is InChI=1S/C12H8ClN3OS/c13-9-6-7-15-10(9)11(17)16(12(18)14-15)8-4-2-1-3-5-8/h1-7H,(H,14,18). The van der Waals surface area contributed by atoms with Crippen molar-refractivity contribution < 1.29 is 0 Å². The summed E-state index contributed by atoms with van der Waals surface area (Å²) in [7, 11) is 0. The SMILES string of the molecule is O=c1c2c(Cl)ccn2nc(S)n1-c1ccccc1. The van der Waals surface area contributed by atoms with E-state index in [0.29, 0.717) is 21.4 Å². The summed E-state index contributed by atoms with van der Waals surface area (Å²) in [6, 6.07) is 10.8. The number of halogens is 1. The average Bonchev–Trinajstić information content (AvgIpc) is 2.72. The van der Waals surface area contributed by atoms with E-state index in [1.807, 2.05) is 30.3 Å². The highest BCUT2D eigenvalue weighted by Gasteiger charge is 2.12. The van der Waals surface area contributed by atoms with Crippen LogP contribution in [0.25, 0.3) is 11.2 Å². The van der Waals surface area contributed by atoms with Gasteiger partial charge in [0.2, 0.25) is 0 Å². The quantitative estimate of drug-likeness (QED) is 0.694. The number of nitrogens with zero attached hydrogens (tertiary/aromatic N) is 3. The zero-order valence-corrected chi connectivity index (χ0v) is 10.8. The molecule has 0 atom stereocenters. The highest BCUT2D eigenvalue weighted by atomic mass is 35.5. The molecule has 0 aliphatic rings. The highest BCUT2D eigenvalue weighted by Crippen LogP contribution is 2.17. The predicted octanol–water partition coefficient (Wildman–Crippen LogP) is 2.43. The topological polar surface area (TPSA) is 39.3 Å². The molecular formula is C12H8ClN3OS. The number of thiol groups is 1. The molecule has 90 valence electrons. The van der Waals surface area contributed by atoms with E-state index in [1.54, 1.807) is 12.3 Å². The van der Waals surface area contributed by atoms with Crippen molar-refractivity contribution in [2.24, 2.45) is 0 Å². The molecule has 0 fully saturated rings. The molecule has 0 spiro atoms. The van der Waals surface area contributed by atoms with Crippen molar-refractivity contribution >= 4 is 29.7 Å². The Bertz CT molecular complexity index is 779. The molecule has 3 rings (SSSR count). The van der Waals surface area contributed by atoms with Crippen LogP contribution in [0.3, 0.4) is 0 Å². The smallest absolute Gasteiger partial charge is 0.266 e. The van der Waals surface area contributed by atoms with Crippen molar-refractivity contribution in [1.82, 2.24) is 14.2 Å². The van der Waals surface area contributed by atoms with Crippen LogP contribution in [0.15, 0.2) is 52.5 Å². The third kappa shape index (κ3) is 1.63. The van der Waals surface area contributed by atoms with Gasteiger partial charge in [0.15, 0.2) is 5.16 Å². The highest BCUT2D eigenvalue weighted by molar-refractivity contribution is 7.80. The molecule has 0 unspecified atom stereocenters. The molecule has 0 saturated heterocycles. The van der Waals surface area contributed by atoms with E-state index in [0.717, 1.165) is 0 Å². The van der Waals surface area contributed by atoms with Gasteiger partial charge in [0.1, 0.15) is 5.52 Å². The van der Waals surface area contributed by atoms with Gasteiger partial charge in [-0.2, -0.15) is 0 Å². The molecule has 2 heterocycles. The second-order valence-corrected chi connectivity index (χ2v) is 4.54. The molecule has 18 heavy (non-hydrogen) atoms. The molecule has 0 bridgehead atoms. The van der Waals surface area contributed by atoms with Crippen molar-refractivity contribution in [2.45, 2.75) is 5.16 Å². The first kappa shape index (κ1) is 11.4. The van der Waals surface area contributed by atoms with Crippen molar-refractivity contribution in [3.8, 4) is 5.69 Å². The molecule has 0 aliphatic heterocycles. The Kier molecular flexibility index (Phi) is 2.65. The average molecular weight is 278 g/mol. The number of para-hydroxylation sites is 1. The van der Waals surface area contributed by atoms with E-state index in [1.165, 1.54) is 9.08 Å². The summed E-state index contributed by atoms with van der Waals surface area (Å²) in [4.78, 5) is 12.4. The lowest BCUT2D eigenvalue weighted by molar-refractivity contribution is 0.714. The van der Waals surface area contributed by atoms with Gasteiger partial charge in [0.05, 0.1) is 10.7 Å². The predicted molar refractivity (Wildman–Crippen MR) is 73.1 cm³/mol. The van der Waals surface area contributed by atoms with Crippen LogP contribution in [-0.4, -0.2) is 14.2 Å². The molecule has 4 nitrogen and oxygen atoms in total. The van der Waals surface area contributed by atoms with E-state index in [-0.39, 0.29) is 5.56 Å². The van der Waals surface area contributed by atoms with E-state index >= 15 is 0 Å². The lowest BCUT2D eigenvalue weighted by atomic mass is 10.3. The Labute approximate surface area is 113 Å². The minimum atomic E-state index is -0.240. The molecule has 0 radical (unpaired) electrons. The molecule has 0 amide bonds. The van der Waals surface area contributed by atoms with Gasteiger partial charge >= 0.3 is 0 Å². The lowest BCUT2D eigenvalue weighted by Crippen LogP contribution is -2.23. The summed E-state index contributed by atoms with van der Waals surface area (Å²) in [5.41, 5.74) is 0.814. The summed E-state index contributed by atoms with van der Waals surface area (Å²) in [5, 5.41) is 4.88. The minimum absolute atomic E-state index is 0.240.